The first-order valence-corrected chi connectivity index (χ1v) is 8.33. The molecule has 0 N–H and O–H groups in total. The summed E-state index contributed by atoms with van der Waals surface area (Å²) in [7, 11) is -4.08. The number of fused-ring (bicyclic) bond motifs is 4. The van der Waals surface area contributed by atoms with Gasteiger partial charge in [-0.1, -0.05) is 0 Å². The molecular weight excluding hydrogens is 352 g/mol. The number of hydrogen-bond acceptors (Lipinski definition) is 8. The van der Waals surface area contributed by atoms with Gasteiger partial charge >= 0.3 is 23.9 Å². The van der Waals surface area contributed by atoms with Gasteiger partial charge in [-0.05, 0) is 36.4 Å². The van der Waals surface area contributed by atoms with Gasteiger partial charge in [0.05, 0.1) is 32.0 Å². The van der Waals surface area contributed by atoms with Gasteiger partial charge in [-0.2, -0.15) is 0 Å². The zero-order valence-corrected chi connectivity index (χ0v) is 13.0. The van der Waals surface area contributed by atoms with E-state index in [1.54, 1.807) is 0 Å². The molecule has 9 heteroatoms. The first-order valence-electron chi connectivity index (χ1n) is 6.85. The van der Waals surface area contributed by atoms with Crippen LogP contribution in [0, 0.1) is 0 Å². The van der Waals surface area contributed by atoms with Gasteiger partial charge in [-0.15, -0.1) is 0 Å². The second kappa shape index (κ2) is 4.84. The van der Waals surface area contributed by atoms with Gasteiger partial charge in [0.15, 0.2) is 0 Å². The van der Waals surface area contributed by atoms with Crippen molar-refractivity contribution < 1.29 is 37.1 Å². The maximum atomic E-state index is 12.7. The third kappa shape index (κ3) is 2.09. The van der Waals surface area contributed by atoms with Crippen LogP contribution in [0.25, 0.3) is 0 Å². The molecule has 2 heterocycles. The zero-order valence-electron chi connectivity index (χ0n) is 12.1. The molecule has 25 heavy (non-hydrogen) atoms. The van der Waals surface area contributed by atoms with Crippen LogP contribution in [0.15, 0.2) is 46.2 Å². The van der Waals surface area contributed by atoms with Gasteiger partial charge in [0.1, 0.15) is 0 Å². The maximum absolute atomic E-state index is 12.7. The molecule has 0 radical (unpaired) electrons. The van der Waals surface area contributed by atoms with Crippen molar-refractivity contribution in [3.63, 3.8) is 0 Å². The number of rotatable bonds is 0. The van der Waals surface area contributed by atoms with Crippen molar-refractivity contribution in [1.82, 2.24) is 0 Å². The molecule has 0 spiro atoms. The maximum Gasteiger partial charge on any atom is 0.346 e. The summed E-state index contributed by atoms with van der Waals surface area (Å²) < 4.78 is 34.8. The van der Waals surface area contributed by atoms with Gasteiger partial charge in [-0.3, -0.25) is 0 Å². The Labute approximate surface area is 139 Å². The lowest BCUT2D eigenvalue weighted by Gasteiger charge is -2.17. The van der Waals surface area contributed by atoms with Crippen LogP contribution in [0.3, 0.4) is 0 Å². The van der Waals surface area contributed by atoms with Crippen molar-refractivity contribution in [2.45, 2.75) is 9.79 Å². The standard InChI is InChI=1S/C16H6O8S/c17-13-9-3-1-7-5-11(9)15(19)24-16(20)12-6-8(25(7,21)22)2-4-10(12)14(18)23-13/h1-6H. The van der Waals surface area contributed by atoms with Gasteiger partial charge in [0, 0.05) is 0 Å². The third-order valence-electron chi connectivity index (χ3n) is 3.85. The highest BCUT2D eigenvalue weighted by molar-refractivity contribution is 7.91. The molecule has 0 saturated carbocycles. The Bertz CT molecular complexity index is 1050. The number of carbonyl (C=O) groups is 4. The number of ether oxygens (including phenoxy) is 2. The van der Waals surface area contributed by atoms with Crippen LogP contribution in [0.4, 0.5) is 0 Å². The molecule has 0 aromatic heterocycles. The lowest BCUT2D eigenvalue weighted by Crippen LogP contribution is -2.25. The lowest BCUT2D eigenvalue weighted by molar-refractivity contribution is 0.0333. The van der Waals surface area contributed by atoms with Gasteiger partial charge in [0.25, 0.3) is 0 Å². The van der Waals surface area contributed by atoms with E-state index in [4.69, 9.17) is 9.47 Å². The number of sulfone groups is 1. The molecule has 0 unspecified atom stereocenters. The Morgan fingerprint density at radius 3 is 1.32 bits per heavy atom. The normalized spacial score (nSPS) is 17.6. The van der Waals surface area contributed by atoms with E-state index in [0.717, 1.165) is 36.4 Å². The number of cyclic esters (lactones) is 2. The molecule has 0 atom stereocenters. The Kier molecular flexibility index (Phi) is 2.94. The molecule has 2 aliphatic heterocycles. The van der Waals surface area contributed by atoms with E-state index in [1.165, 1.54) is 0 Å². The minimum absolute atomic E-state index is 0.268. The molecule has 0 fully saturated rings. The SMILES string of the molecule is O=C1OC(=O)c2ccc3cc2C(=O)OC(=O)c2cc(ccc21)S3(=O)=O. The van der Waals surface area contributed by atoms with Gasteiger partial charge < -0.3 is 9.47 Å². The van der Waals surface area contributed by atoms with Crippen LogP contribution in [0.2, 0.25) is 0 Å². The number of benzene rings is 2. The molecule has 4 rings (SSSR count). The van der Waals surface area contributed by atoms with E-state index in [-0.39, 0.29) is 20.9 Å². The van der Waals surface area contributed by atoms with Crippen LogP contribution < -0.4 is 0 Å². The number of carbonyl (C=O) groups excluding carboxylic acids is 4. The first kappa shape index (κ1) is 15.2. The first-order chi connectivity index (χ1) is 11.8. The Hall–Kier alpha value is -3.33. The molecule has 0 aliphatic carbocycles. The van der Waals surface area contributed by atoms with E-state index in [0.29, 0.717) is 0 Å². The van der Waals surface area contributed by atoms with Crippen LogP contribution in [-0.2, 0) is 19.3 Å². The van der Waals surface area contributed by atoms with E-state index >= 15 is 0 Å². The number of hydrogen-bond donors (Lipinski definition) is 0. The summed E-state index contributed by atoms with van der Waals surface area (Å²) >= 11 is 0. The second-order valence-electron chi connectivity index (χ2n) is 5.27. The minimum Gasteiger partial charge on any atom is -0.386 e. The number of esters is 4. The monoisotopic (exact) mass is 358 g/mol. The van der Waals surface area contributed by atoms with Crippen molar-refractivity contribution >= 4 is 33.7 Å². The molecule has 2 aromatic rings. The van der Waals surface area contributed by atoms with Gasteiger partial charge in [-0.25, -0.2) is 27.6 Å². The van der Waals surface area contributed by atoms with Crippen molar-refractivity contribution in [2.75, 3.05) is 0 Å². The summed E-state index contributed by atoms with van der Waals surface area (Å²) in [6.07, 6.45) is 0. The highest BCUT2D eigenvalue weighted by atomic mass is 32.2. The van der Waals surface area contributed by atoms with Crippen molar-refractivity contribution in [2.24, 2.45) is 0 Å². The molecule has 2 aromatic carbocycles. The molecule has 4 bridgehead atoms. The largest absolute Gasteiger partial charge is 0.386 e. The van der Waals surface area contributed by atoms with Crippen LogP contribution in [-0.4, -0.2) is 32.3 Å². The molecule has 0 saturated heterocycles. The predicted molar refractivity (Wildman–Crippen MR) is 77.8 cm³/mol. The highest BCUT2D eigenvalue weighted by Gasteiger charge is 2.34. The summed E-state index contributed by atoms with van der Waals surface area (Å²) in [5.74, 6) is -4.76. The topological polar surface area (TPSA) is 121 Å². The quantitative estimate of drug-likeness (QED) is 0.508. The van der Waals surface area contributed by atoms with Crippen LogP contribution in [0.1, 0.15) is 41.4 Å². The second-order valence-corrected chi connectivity index (χ2v) is 7.22. The molecule has 2 aliphatic rings. The summed E-state index contributed by atoms with van der Waals surface area (Å²) in [5.41, 5.74) is -1.74. The fourth-order valence-corrected chi connectivity index (χ4v) is 3.91. The van der Waals surface area contributed by atoms with Crippen molar-refractivity contribution in [3.8, 4) is 0 Å². The lowest BCUT2D eigenvalue weighted by atomic mass is 10.1. The summed E-state index contributed by atoms with van der Waals surface area (Å²) in [6.45, 7) is 0. The Balaban J connectivity index is 2.22. The van der Waals surface area contributed by atoms with E-state index in [2.05, 4.69) is 0 Å². The van der Waals surface area contributed by atoms with Crippen molar-refractivity contribution in [3.05, 3.63) is 58.7 Å². The van der Waals surface area contributed by atoms with Crippen LogP contribution >= 0.6 is 0 Å². The average Bonchev–Trinajstić information content (AvgIpc) is 2.58. The third-order valence-corrected chi connectivity index (χ3v) is 5.60. The zero-order chi connectivity index (χ0) is 17.9. The van der Waals surface area contributed by atoms with Gasteiger partial charge in [0.2, 0.25) is 9.84 Å². The minimum atomic E-state index is -4.08. The molecule has 0 amide bonds. The summed E-state index contributed by atoms with van der Waals surface area (Å²) in [5, 5.41) is 0. The van der Waals surface area contributed by atoms with Crippen LogP contribution in [0.5, 0.6) is 0 Å². The molecular formula is C16H6O8S. The van der Waals surface area contributed by atoms with E-state index < -0.39 is 44.8 Å². The van der Waals surface area contributed by atoms with E-state index in [1.807, 2.05) is 0 Å². The van der Waals surface area contributed by atoms with E-state index in [9.17, 15) is 27.6 Å². The Morgan fingerprint density at radius 2 is 0.920 bits per heavy atom. The fraction of sp³-hybridized carbons (Fsp3) is 0. The fourth-order valence-electron chi connectivity index (χ4n) is 2.60. The van der Waals surface area contributed by atoms with Crippen molar-refractivity contribution in [1.29, 1.82) is 0 Å². The molecule has 8 nitrogen and oxygen atoms in total. The average molecular weight is 358 g/mol. The molecule has 124 valence electrons. The Morgan fingerprint density at radius 1 is 0.560 bits per heavy atom. The highest BCUT2D eigenvalue weighted by Crippen LogP contribution is 2.29. The summed E-state index contributed by atoms with van der Waals surface area (Å²) in [4.78, 5) is 48.3. The predicted octanol–water partition coefficient (Wildman–Crippen LogP) is 1.14. The smallest absolute Gasteiger partial charge is 0.346 e. The summed E-state index contributed by atoms with van der Waals surface area (Å²) in [6, 6.07) is 6.08.